The van der Waals surface area contributed by atoms with E-state index in [1.807, 2.05) is 17.7 Å². The van der Waals surface area contributed by atoms with Crippen LogP contribution in [0.3, 0.4) is 0 Å². The number of halogens is 2. The second-order valence-electron chi connectivity index (χ2n) is 4.25. The molecule has 0 bridgehead atoms. The molecule has 1 aromatic heterocycles. The Kier molecular flexibility index (Phi) is 5.38. The molecule has 0 saturated heterocycles. The van der Waals surface area contributed by atoms with Crippen LogP contribution in [0.2, 0.25) is 5.02 Å². The third-order valence-corrected chi connectivity index (χ3v) is 3.07. The summed E-state index contributed by atoms with van der Waals surface area (Å²) in [5.74, 6) is 0.265. The van der Waals surface area contributed by atoms with Gasteiger partial charge >= 0.3 is 0 Å². The molecule has 2 rings (SSSR count). The first-order valence-electron chi connectivity index (χ1n) is 6.51. The van der Waals surface area contributed by atoms with Crippen molar-refractivity contribution in [2.45, 2.75) is 19.9 Å². The first-order chi connectivity index (χ1) is 9.70. The van der Waals surface area contributed by atoms with Crippen molar-refractivity contribution in [1.82, 2.24) is 9.55 Å². The highest BCUT2D eigenvalue weighted by Crippen LogP contribution is 2.22. The van der Waals surface area contributed by atoms with E-state index in [-0.39, 0.29) is 5.02 Å². The topological polar surface area (TPSA) is 39.1 Å². The summed E-state index contributed by atoms with van der Waals surface area (Å²) in [6.07, 6.45) is 4.51. The van der Waals surface area contributed by atoms with Crippen molar-refractivity contribution in [2.75, 3.05) is 18.5 Å². The first kappa shape index (κ1) is 14.8. The molecule has 1 heterocycles. The van der Waals surface area contributed by atoms with Gasteiger partial charge in [0.05, 0.1) is 5.02 Å². The van der Waals surface area contributed by atoms with E-state index in [1.54, 1.807) is 12.3 Å². The average molecular weight is 298 g/mol. The summed E-state index contributed by atoms with van der Waals surface area (Å²) in [6.45, 7) is 4.22. The normalized spacial score (nSPS) is 10.8. The standard InChI is InChI=1S/C14H17ClFN3O/c1-2-20-9-3-7-19-8-6-17-14(19)18-11-4-5-13(16)12(15)10-11/h4-6,8,10H,2-3,7,9H2,1H3,(H,17,18). The number of aryl methyl sites for hydroxylation is 1. The van der Waals surface area contributed by atoms with Crippen molar-refractivity contribution in [1.29, 1.82) is 0 Å². The SMILES string of the molecule is CCOCCCn1ccnc1Nc1ccc(F)c(Cl)c1. The van der Waals surface area contributed by atoms with Gasteiger partial charge in [-0.15, -0.1) is 0 Å². The predicted octanol–water partition coefficient (Wildman–Crippen LogP) is 3.85. The summed E-state index contributed by atoms with van der Waals surface area (Å²) in [5, 5.41) is 3.21. The number of nitrogens with one attached hydrogen (secondary N) is 1. The molecule has 4 nitrogen and oxygen atoms in total. The van der Waals surface area contributed by atoms with Crippen molar-refractivity contribution in [3.63, 3.8) is 0 Å². The maximum absolute atomic E-state index is 13.1. The van der Waals surface area contributed by atoms with Gasteiger partial charge in [0.15, 0.2) is 0 Å². The Bertz CT molecular complexity index is 559. The number of rotatable bonds is 7. The van der Waals surface area contributed by atoms with Crippen molar-refractivity contribution in [3.8, 4) is 0 Å². The van der Waals surface area contributed by atoms with Gasteiger partial charge in [0.2, 0.25) is 5.95 Å². The Labute approximate surface area is 122 Å². The van der Waals surface area contributed by atoms with Gasteiger partial charge in [-0.3, -0.25) is 0 Å². The largest absolute Gasteiger partial charge is 0.382 e. The van der Waals surface area contributed by atoms with Crippen LogP contribution in [-0.2, 0) is 11.3 Å². The fourth-order valence-corrected chi connectivity index (χ4v) is 1.98. The van der Waals surface area contributed by atoms with E-state index in [1.165, 1.54) is 12.1 Å². The van der Waals surface area contributed by atoms with E-state index >= 15 is 0 Å². The highest BCUT2D eigenvalue weighted by molar-refractivity contribution is 6.31. The number of benzene rings is 1. The maximum Gasteiger partial charge on any atom is 0.207 e. The van der Waals surface area contributed by atoms with Gasteiger partial charge in [0.1, 0.15) is 5.82 Å². The Balaban J connectivity index is 1.99. The van der Waals surface area contributed by atoms with Gasteiger partial charge < -0.3 is 14.6 Å². The second-order valence-corrected chi connectivity index (χ2v) is 4.66. The highest BCUT2D eigenvalue weighted by Gasteiger charge is 2.05. The molecule has 0 saturated carbocycles. The van der Waals surface area contributed by atoms with Crippen LogP contribution in [0.15, 0.2) is 30.6 Å². The van der Waals surface area contributed by atoms with Gasteiger partial charge in [-0.25, -0.2) is 9.37 Å². The Morgan fingerprint density at radius 2 is 2.30 bits per heavy atom. The average Bonchev–Trinajstić information content (AvgIpc) is 2.86. The first-order valence-corrected chi connectivity index (χ1v) is 6.89. The minimum absolute atomic E-state index is 0.0875. The third-order valence-electron chi connectivity index (χ3n) is 2.78. The maximum atomic E-state index is 13.1. The van der Waals surface area contributed by atoms with Crippen LogP contribution < -0.4 is 5.32 Å². The molecule has 1 N–H and O–H groups in total. The number of hydrogen-bond acceptors (Lipinski definition) is 3. The zero-order valence-electron chi connectivity index (χ0n) is 11.3. The van der Waals surface area contributed by atoms with E-state index in [2.05, 4.69) is 10.3 Å². The quantitative estimate of drug-likeness (QED) is 0.789. The molecule has 0 atom stereocenters. The van der Waals surface area contributed by atoms with Gasteiger partial charge in [0, 0.05) is 37.8 Å². The highest BCUT2D eigenvalue weighted by atomic mass is 35.5. The summed E-state index contributed by atoms with van der Waals surface area (Å²) >= 11 is 5.75. The number of aromatic nitrogens is 2. The molecule has 2 aromatic rings. The summed E-state index contributed by atoms with van der Waals surface area (Å²) < 4.78 is 20.4. The van der Waals surface area contributed by atoms with Crippen LogP contribution in [0.5, 0.6) is 0 Å². The number of ether oxygens (including phenoxy) is 1. The fraction of sp³-hybridized carbons (Fsp3) is 0.357. The van der Waals surface area contributed by atoms with Gasteiger partial charge in [-0.05, 0) is 31.5 Å². The van der Waals surface area contributed by atoms with E-state index in [0.717, 1.165) is 26.2 Å². The molecule has 0 fully saturated rings. The van der Waals surface area contributed by atoms with E-state index in [0.29, 0.717) is 11.6 Å². The van der Waals surface area contributed by atoms with Crippen LogP contribution in [0, 0.1) is 5.82 Å². The lowest BCUT2D eigenvalue weighted by Gasteiger charge is -2.10. The molecule has 0 aliphatic rings. The molecule has 1 aromatic carbocycles. The molecule has 20 heavy (non-hydrogen) atoms. The zero-order valence-corrected chi connectivity index (χ0v) is 12.0. The van der Waals surface area contributed by atoms with Crippen molar-refractivity contribution in [2.24, 2.45) is 0 Å². The molecule has 0 unspecified atom stereocenters. The minimum atomic E-state index is -0.433. The number of imidazole rings is 1. The van der Waals surface area contributed by atoms with Gasteiger partial charge in [0.25, 0.3) is 0 Å². The summed E-state index contributed by atoms with van der Waals surface area (Å²) in [6, 6.07) is 4.49. The molecular weight excluding hydrogens is 281 g/mol. The molecule has 0 radical (unpaired) electrons. The lowest BCUT2D eigenvalue weighted by Crippen LogP contribution is -2.06. The van der Waals surface area contributed by atoms with Crippen LogP contribution in [0.25, 0.3) is 0 Å². The number of hydrogen-bond donors (Lipinski definition) is 1. The Morgan fingerprint density at radius 1 is 1.45 bits per heavy atom. The second kappa shape index (κ2) is 7.26. The minimum Gasteiger partial charge on any atom is -0.382 e. The number of nitrogens with zero attached hydrogens (tertiary/aromatic N) is 2. The van der Waals surface area contributed by atoms with E-state index in [4.69, 9.17) is 16.3 Å². The lowest BCUT2D eigenvalue weighted by molar-refractivity contribution is 0.142. The van der Waals surface area contributed by atoms with Crippen molar-refractivity contribution < 1.29 is 9.13 Å². The molecule has 0 amide bonds. The monoisotopic (exact) mass is 297 g/mol. The predicted molar refractivity (Wildman–Crippen MR) is 78.0 cm³/mol. The summed E-state index contributed by atoms with van der Waals surface area (Å²) in [7, 11) is 0. The molecular formula is C14H17ClFN3O. The molecule has 0 aliphatic heterocycles. The van der Waals surface area contributed by atoms with Crippen LogP contribution in [0.4, 0.5) is 16.0 Å². The summed E-state index contributed by atoms with van der Waals surface area (Å²) in [5.41, 5.74) is 0.702. The van der Waals surface area contributed by atoms with Gasteiger partial charge in [-0.1, -0.05) is 11.6 Å². The fourth-order valence-electron chi connectivity index (χ4n) is 1.80. The van der Waals surface area contributed by atoms with Crippen LogP contribution in [-0.4, -0.2) is 22.8 Å². The van der Waals surface area contributed by atoms with E-state index < -0.39 is 5.82 Å². The third kappa shape index (κ3) is 3.95. The lowest BCUT2D eigenvalue weighted by atomic mass is 10.3. The Morgan fingerprint density at radius 3 is 3.05 bits per heavy atom. The summed E-state index contributed by atoms with van der Waals surface area (Å²) in [4.78, 5) is 4.24. The van der Waals surface area contributed by atoms with Gasteiger partial charge in [-0.2, -0.15) is 0 Å². The van der Waals surface area contributed by atoms with E-state index in [9.17, 15) is 4.39 Å². The van der Waals surface area contributed by atoms with Crippen LogP contribution in [0.1, 0.15) is 13.3 Å². The molecule has 108 valence electrons. The molecule has 0 spiro atoms. The smallest absolute Gasteiger partial charge is 0.207 e. The molecule has 6 heteroatoms. The van der Waals surface area contributed by atoms with Crippen molar-refractivity contribution >= 4 is 23.2 Å². The Hall–Kier alpha value is -1.59. The van der Waals surface area contributed by atoms with Crippen molar-refractivity contribution in [3.05, 3.63) is 41.4 Å². The molecule has 0 aliphatic carbocycles. The van der Waals surface area contributed by atoms with Crippen LogP contribution >= 0.6 is 11.6 Å². The number of anilines is 2. The zero-order chi connectivity index (χ0) is 14.4.